The van der Waals surface area contributed by atoms with Gasteiger partial charge in [0.2, 0.25) is 5.91 Å². The Labute approximate surface area is 81.3 Å². The zero-order valence-corrected chi connectivity index (χ0v) is 7.78. The third-order valence-corrected chi connectivity index (χ3v) is 1.88. The average Bonchev–Trinajstić information content (AvgIpc) is 2.02. The lowest BCUT2D eigenvalue weighted by atomic mass is 9.91. The number of hydrogen-bond donors (Lipinski definition) is 3. The Morgan fingerprint density at radius 1 is 1.64 bits per heavy atom. The van der Waals surface area contributed by atoms with Crippen molar-refractivity contribution in [3.8, 4) is 0 Å². The molecular formula is C9H12N2O3. The van der Waals surface area contributed by atoms with E-state index in [2.05, 4.69) is 5.32 Å². The predicted molar refractivity (Wildman–Crippen MR) is 50.2 cm³/mol. The minimum atomic E-state index is -1.41. The summed E-state index contributed by atoms with van der Waals surface area (Å²) in [4.78, 5) is 21.5. The van der Waals surface area contributed by atoms with Crippen molar-refractivity contribution in [2.75, 3.05) is 0 Å². The third-order valence-electron chi connectivity index (χ3n) is 1.88. The summed E-state index contributed by atoms with van der Waals surface area (Å²) in [5.41, 5.74) is 4.60. The van der Waals surface area contributed by atoms with E-state index in [-0.39, 0.29) is 12.3 Å². The summed E-state index contributed by atoms with van der Waals surface area (Å²) in [6.07, 6.45) is 4.83. The highest BCUT2D eigenvalue weighted by Crippen LogP contribution is 2.17. The summed E-state index contributed by atoms with van der Waals surface area (Å²) in [6.45, 7) is 1.35. The molecule has 5 nitrogen and oxygen atoms in total. The molecule has 0 fully saturated rings. The molecule has 0 aromatic rings. The summed E-state index contributed by atoms with van der Waals surface area (Å²) in [5, 5.41) is 11.3. The van der Waals surface area contributed by atoms with Gasteiger partial charge in [0.25, 0.3) is 0 Å². The van der Waals surface area contributed by atoms with Crippen LogP contribution in [-0.4, -0.2) is 22.5 Å². The molecule has 1 atom stereocenters. The Morgan fingerprint density at radius 3 is 2.79 bits per heavy atom. The molecule has 5 heteroatoms. The fourth-order valence-corrected chi connectivity index (χ4v) is 1.20. The maximum atomic E-state index is 10.8. The molecule has 0 heterocycles. The fraction of sp³-hybridized carbons (Fsp3) is 0.333. The van der Waals surface area contributed by atoms with Crippen molar-refractivity contribution in [3.63, 3.8) is 0 Å². The number of carboxylic acid groups (broad SMARTS) is 1. The Hall–Kier alpha value is -1.62. The van der Waals surface area contributed by atoms with Crippen LogP contribution in [0.5, 0.6) is 0 Å². The van der Waals surface area contributed by atoms with Crippen LogP contribution in [0, 0.1) is 0 Å². The molecule has 76 valence electrons. The summed E-state index contributed by atoms with van der Waals surface area (Å²) in [5.74, 6) is -1.36. The minimum absolute atomic E-state index is 0.228. The smallest absolute Gasteiger partial charge is 0.328 e. The number of hydrogen-bond acceptors (Lipinski definition) is 3. The molecular weight excluding hydrogens is 184 g/mol. The number of amides is 1. The first kappa shape index (κ1) is 10.5. The molecule has 14 heavy (non-hydrogen) atoms. The average molecular weight is 196 g/mol. The minimum Gasteiger partial charge on any atom is -0.480 e. The van der Waals surface area contributed by atoms with E-state index in [1.165, 1.54) is 13.0 Å². The molecule has 1 amide bonds. The quantitative estimate of drug-likeness (QED) is 0.567. The van der Waals surface area contributed by atoms with Crippen molar-refractivity contribution in [3.05, 3.63) is 23.9 Å². The van der Waals surface area contributed by atoms with Crippen molar-refractivity contribution in [1.29, 1.82) is 0 Å². The van der Waals surface area contributed by atoms with E-state index in [1.54, 1.807) is 12.2 Å². The van der Waals surface area contributed by atoms with Crippen LogP contribution in [0.15, 0.2) is 23.9 Å². The van der Waals surface area contributed by atoms with Crippen molar-refractivity contribution in [1.82, 2.24) is 5.32 Å². The summed E-state index contributed by atoms with van der Waals surface area (Å²) in [6, 6.07) is 0. The Morgan fingerprint density at radius 2 is 2.29 bits per heavy atom. The first-order valence-corrected chi connectivity index (χ1v) is 4.13. The maximum Gasteiger partial charge on any atom is 0.328 e. The third kappa shape index (κ3) is 2.20. The Balaban J connectivity index is 2.87. The van der Waals surface area contributed by atoms with Crippen molar-refractivity contribution < 1.29 is 14.7 Å². The largest absolute Gasteiger partial charge is 0.480 e. The second-order valence-corrected chi connectivity index (χ2v) is 3.23. The van der Waals surface area contributed by atoms with Gasteiger partial charge >= 0.3 is 5.97 Å². The van der Waals surface area contributed by atoms with Gasteiger partial charge in [-0.05, 0) is 18.6 Å². The monoisotopic (exact) mass is 196 g/mol. The zero-order valence-electron chi connectivity index (χ0n) is 7.78. The van der Waals surface area contributed by atoms with Gasteiger partial charge < -0.3 is 16.2 Å². The van der Waals surface area contributed by atoms with E-state index in [9.17, 15) is 9.59 Å². The van der Waals surface area contributed by atoms with Crippen LogP contribution in [0.1, 0.15) is 13.3 Å². The normalized spacial score (nSPS) is 25.4. The van der Waals surface area contributed by atoms with E-state index in [0.29, 0.717) is 5.70 Å². The van der Waals surface area contributed by atoms with Crippen molar-refractivity contribution in [2.45, 2.75) is 18.9 Å². The molecule has 1 aliphatic rings. The second kappa shape index (κ2) is 3.63. The molecule has 0 aromatic carbocycles. The molecule has 1 aliphatic carbocycles. The van der Waals surface area contributed by atoms with Gasteiger partial charge in [-0.2, -0.15) is 0 Å². The number of rotatable bonds is 2. The van der Waals surface area contributed by atoms with Gasteiger partial charge in [0.15, 0.2) is 0 Å². The van der Waals surface area contributed by atoms with Gasteiger partial charge in [0.05, 0.1) is 0 Å². The standard InChI is InChI=1S/C9H12N2O3/c1-6(12)11-7-3-2-4-9(10,5-7)8(13)14/h2-3,5H,4,10H2,1H3,(H,11,12)(H,13,14). The van der Waals surface area contributed by atoms with Crippen LogP contribution in [-0.2, 0) is 9.59 Å². The first-order valence-electron chi connectivity index (χ1n) is 4.13. The molecule has 0 spiro atoms. The predicted octanol–water partition coefficient (Wildman–Crippen LogP) is -0.252. The van der Waals surface area contributed by atoms with E-state index in [1.807, 2.05) is 0 Å². The van der Waals surface area contributed by atoms with Crippen molar-refractivity contribution >= 4 is 11.9 Å². The molecule has 1 unspecified atom stereocenters. The zero-order chi connectivity index (χ0) is 10.8. The highest BCUT2D eigenvalue weighted by atomic mass is 16.4. The summed E-state index contributed by atoms with van der Waals surface area (Å²) >= 11 is 0. The number of carbonyl (C=O) groups excluding carboxylic acids is 1. The molecule has 4 N–H and O–H groups in total. The van der Waals surface area contributed by atoms with Gasteiger partial charge in [-0.15, -0.1) is 0 Å². The Kier molecular flexibility index (Phi) is 2.71. The fourth-order valence-electron chi connectivity index (χ4n) is 1.20. The van der Waals surface area contributed by atoms with Gasteiger partial charge in [0.1, 0.15) is 5.54 Å². The first-order chi connectivity index (χ1) is 6.44. The maximum absolute atomic E-state index is 10.8. The molecule has 0 radical (unpaired) electrons. The number of carbonyl (C=O) groups is 2. The number of carboxylic acids is 1. The SMILES string of the molecule is CC(=O)NC1=CC(N)(C(=O)O)CC=C1. The number of nitrogens with one attached hydrogen (secondary N) is 1. The molecule has 0 saturated heterocycles. The van der Waals surface area contributed by atoms with Crippen LogP contribution >= 0.6 is 0 Å². The van der Waals surface area contributed by atoms with Gasteiger partial charge in [-0.1, -0.05) is 6.08 Å². The van der Waals surface area contributed by atoms with Gasteiger partial charge in [-0.25, -0.2) is 4.79 Å². The van der Waals surface area contributed by atoms with E-state index in [0.717, 1.165) is 0 Å². The molecule has 0 aromatic heterocycles. The van der Waals surface area contributed by atoms with E-state index < -0.39 is 11.5 Å². The van der Waals surface area contributed by atoms with Crippen LogP contribution < -0.4 is 11.1 Å². The van der Waals surface area contributed by atoms with Gasteiger partial charge in [0, 0.05) is 12.6 Å². The molecule has 0 aliphatic heterocycles. The molecule has 0 saturated carbocycles. The highest BCUT2D eigenvalue weighted by molar-refractivity contribution is 5.83. The topological polar surface area (TPSA) is 92.4 Å². The van der Waals surface area contributed by atoms with Crippen LogP contribution in [0.2, 0.25) is 0 Å². The van der Waals surface area contributed by atoms with E-state index >= 15 is 0 Å². The lowest BCUT2D eigenvalue weighted by Gasteiger charge is -2.23. The summed E-state index contributed by atoms with van der Waals surface area (Å²) < 4.78 is 0. The summed E-state index contributed by atoms with van der Waals surface area (Å²) in [7, 11) is 0. The number of allylic oxidation sites excluding steroid dienone is 1. The number of nitrogens with two attached hydrogens (primary N) is 1. The lowest BCUT2D eigenvalue weighted by molar-refractivity contribution is -0.141. The molecule has 0 bridgehead atoms. The second-order valence-electron chi connectivity index (χ2n) is 3.23. The Bertz CT molecular complexity index is 333. The molecule has 1 rings (SSSR count). The van der Waals surface area contributed by atoms with Crippen LogP contribution in [0.4, 0.5) is 0 Å². The number of aliphatic carboxylic acids is 1. The lowest BCUT2D eigenvalue weighted by Crippen LogP contribution is -2.47. The van der Waals surface area contributed by atoms with Gasteiger partial charge in [-0.3, -0.25) is 4.79 Å². The van der Waals surface area contributed by atoms with Crippen LogP contribution in [0.25, 0.3) is 0 Å². The van der Waals surface area contributed by atoms with Crippen molar-refractivity contribution in [2.24, 2.45) is 5.73 Å². The van der Waals surface area contributed by atoms with Crippen LogP contribution in [0.3, 0.4) is 0 Å². The highest BCUT2D eigenvalue weighted by Gasteiger charge is 2.32. The van der Waals surface area contributed by atoms with E-state index in [4.69, 9.17) is 10.8 Å².